The Balaban J connectivity index is 0.00000190. The molecule has 28 heavy (non-hydrogen) atoms. The predicted octanol–water partition coefficient (Wildman–Crippen LogP) is 7.59. The molecule has 1 heteroatoms. The second kappa shape index (κ2) is 14.0. The van der Waals surface area contributed by atoms with Gasteiger partial charge in [-0.15, -0.1) is 0 Å². The maximum atomic E-state index is 6.06. The first kappa shape index (κ1) is 23.9. The lowest BCUT2D eigenvalue weighted by molar-refractivity contribution is 0.0863. The molecule has 2 rings (SSSR count). The van der Waals surface area contributed by atoms with Crippen LogP contribution in [0.1, 0.15) is 53.0 Å². The summed E-state index contributed by atoms with van der Waals surface area (Å²) in [6, 6.07) is 10.9. The molecule has 1 aliphatic rings. The summed E-state index contributed by atoms with van der Waals surface area (Å²) in [5.74, 6) is 0.401. The van der Waals surface area contributed by atoms with Crippen molar-refractivity contribution in [3.05, 3.63) is 96.2 Å². The maximum Gasteiger partial charge on any atom is 0.0606 e. The van der Waals surface area contributed by atoms with Gasteiger partial charge in [0, 0.05) is 12.0 Å². The Morgan fingerprint density at radius 1 is 1.11 bits per heavy atom. The molecular formula is C27H38O. The second-order valence-corrected chi connectivity index (χ2v) is 6.73. The van der Waals surface area contributed by atoms with Gasteiger partial charge >= 0.3 is 0 Å². The van der Waals surface area contributed by atoms with Gasteiger partial charge in [-0.05, 0) is 45.1 Å². The van der Waals surface area contributed by atoms with Crippen LogP contribution >= 0.6 is 0 Å². The molecule has 2 unspecified atom stereocenters. The molecule has 0 N–H and O–H groups in total. The quantitative estimate of drug-likeness (QED) is 0.423. The number of ether oxygens (including phenoxy) is 1. The van der Waals surface area contributed by atoms with Gasteiger partial charge in [0.1, 0.15) is 0 Å². The maximum absolute atomic E-state index is 6.06. The van der Waals surface area contributed by atoms with Crippen LogP contribution in [0.25, 0.3) is 0 Å². The molecule has 0 radical (unpaired) electrons. The first-order chi connectivity index (χ1) is 13.8. The van der Waals surface area contributed by atoms with Crippen LogP contribution in [0, 0.1) is 5.92 Å². The molecule has 0 heterocycles. The van der Waals surface area contributed by atoms with E-state index in [1.165, 1.54) is 11.1 Å². The van der Waals surface area contributed by atoms with Crippen LogP contribution in [0.5, 0.6) is 0 Å². The van der Waals surface area contributed by atoms with Crippen LogP contribution in [-0.4, -0.2) is 13.2 Å². The Morgan fingerprint density at radius 2 is 1.86 bits per heavy atom. The van der Waals surface area contributed by atoms with Crippen molar-refractivity contribution in [2.24, 2.45) is 5.92 Å². The normalized spacial score (nSPS) is 19.3. The van der Waals surface area contributed by atoms with Gasteiger partial charge in [-0.3, -0.25) is 0 Å². The third kappa shape index (κ3) is 6.49. The van der Waals surface area contributed by atoms with Crippen molar-refractivity contribution in [1.29, 1.82) is 0 Å². The van der Waals surface area contributed by atoms with E-state index in [0.717, 1.165) is 19.4 Å². The van der Waals surface area contributed by atoms with E-state index in [-0.39, 0.29) is 5.41 Å². The van der Waals surface area contributed by atoms with Gasteiger partial charge in [0.2, 0.25) is 0 Å². The highest BCUT2D eigenvalue weighted by molar-refractivity contribution is 5.41. The predicted molar refractivity (Wildman–Crippen MR) is 125 cm³/mol. The molecule has 0 saturated carbocycles. The first-order valence-electron chi connectivity index (χ1n) is 10.7. The van der Waals surface area contributed by atoms with Gasteiger partial charge in [-0.25, -0.2) is 0 Å². The van der Waals surface area contributed by atoms with Crippen molar-refractivity contribution in [3.63, 3.8) is 0 Å². The minimum atomic E-state index is -0.153. The Morgan fingerprint density at radius 3 is 2.54 bits per heavy atom. The molecule has 0 saturated heterocycles. The van der Waals surface area contributed by atoms with Gasteiger partial charge in [0.15, 0.2) is 0 Å². The third-order valence-corrected chi connectivity index (χ3v) is 5.16. The molecule has 0 bridgehead atoms. The lowest BCUT2D eigenvalue weighted by atomic mass is 9.64. The summed E-state index contributed by atoms with van der Waals surface area (Å²) in [5, 5.41) is 0. The van der Waals surface area contributed by atoms with E-state index >= 15 is 0 Å². The summed E-state index contributed by atoms with van der Waals surface area (Å²) in [4.78, 5) is 0. The highest BCUT2D eigenvalue weighted by Gasteiger charge is 2.40. The van der Waals surface area contributed by atoms with Crippen molar-refractivity contribution in [1.82, 2.24) is 0 Å². The average molecular weight is 379 g/mol. The second-order valence-electron chi connectivity index (χ2n) is 6.73. The van der Waals surface area contributed by atoms with Crippen LogP contribution < -0.4 is 0 Å². The topological polar surface area (TPSA) is 9.23 Å². The first-order valence-corrected chi connectivity index (χ1v) is 10.7. The molecule has 1 aromatic rings. The van der Waals surface area contributed by atoms with Crippen molar-refractivity contribution < 1.29 is 4.74 Å². The minimum absolute atomic E-state index is 0.153. The number of hydrogen-bond acceptors (Lipinski definition) is 1. The smallest absolute Gasteiger partial charge is 0.0606 e. The molecule has 0 aromatic heterocycles. The summed E-state index contributed by atoms with van der Waals surface area (Å²) < 4.78 is 6.06. The largest absolute Gasteiger partial charge is 0.380 e. The minimum Gasteiger partial charge on any atom is -0.380 e. The fraction of sp³-hybridized carbons (Fsp3) is 0.407. The summed E-state index contributed by atoms with van der Waals surface area (Å²) in [7, 11) is 0. The summed E-state index contributed by atoms with van der Waals surface area (Å²) in [6.07, 6.45) is 21.8. The molecule has 0 amide bonds. The fourth-order valence-electron chi connectivity index (χ4n) is 3.72. The van der Waals surface area contributed by atoms with Gasteiger partial charge < -0.3 is 4.74 Å². The fourth-order valence-corrected chi connectivity index (χ4v) is 3.72. The summed E-state index contributed by atoms with van der Waals surface area (Å²) in [5.41, 5.74) is 2.52. The molecule has 1 nitrogen and oxygen atoms in total. The van der Waals surface area contributed by atoms with Crippen molar-refractivity contribution in [3.8, 4) is 0 Å². The average Bonchev–Trinajstić information content (AvgIpc) is 3.04. The Bertz CT molecular complexity index is 675. The Labute approximate surface area is 173 Å². The van der Waals surface area contributed by atoms with E-state index in [1.54, 1.807) is 0 Å². The van der Waals surface area contributed by atoms with E-state index in [1.807, 2.05) is 26.8 Å². The van der Waals surface area contributed by atoms with E-state index in [0.29, 0.717) is 12.5 Å². The van der Waals surface area contributed by atoms with Crippen LogP contribution in [0.3, 0.4) is 0 Å². The summed E-state index contributed by atoms with van der Waals surface area (Å²) >= 11 is 0. The monoisotopic (exact) mass is 378 g/mol. The van der Waals surface area contributed by atoms with Crippen molar-refractivity contribution in [2.45, 2.75) is 52.9 Å². The number of hydrogen-bond donors (Lipinski definition) is 0. The van der Waals surface area contributed by atoms with Crippen LogP contribution in [0.2, 0.25) is 0 Å². The molecule has 0 aliphatic heterocycles. The third-order valence-electron chi connectivity index (χ3n) is 5.16. The highest BCUT2D eigenvalue weighted by Crippen LogP contribution is 2.43. The zero-order valence-electron chi connectivity index (χ0n) is 18.4. The van der Waals surface area contributed by atoms with Gasteiger partial charge in [0.05, 0.1) is 6.61 Å². The molecular weight excluding hydrogens is 340 g/mol. The SMILES string of the molecule is CC.C\C=C/C=C\C=C(/C)C(COCC)(c1ccccc1)C1C=CC=CCC1. The van der Waals surface area contributed by atoms with E-state index < -0.39 is 0 Å². The molecule has 0 spiro atoms. The zero-order chi connectivity index (χ0) is 20.7. The lowest BCUT2D eigenvalue weighted by Crippen LogP contribution is -2.40. The van der Waals surface area contributed by atoms with Gasteiger partial charge in [-0.2, -0.15) is 0 Å². The standard InChI is InChI=1S/C25H32O.C2H6/c1-4-6-7-11-16-22(3)25(21-26-5-2,24-19-14-10-15-20-24)23-17-12-8-9-13-18-23;1-2/h4,6-12,14-17,19-20,23H,5,13,18,21H2,1-3H3;1-2H3/b6-4-,11-7-,22-16+;. The molecule has 1 aliphatic carbocycles. The van der Waals surface area contributed by atoms with Crippen molar-refractivity contribution in [2.75, 3.05) is 13.2 Å². The number of allylic oxidation sites excluding steroid dienone is 9. The Kier molecular flexibility index (Phi) is 11.9. The number of benzene rings is 1. The van der Waals surface area contributed by atoms with E-state index in [9.17, 15) is 0 Å². The lowest BCUT2D eigenvalue weighted by Gasteiger charge is -2.41. The van der Waals surface area contributed by atoms with Crippen molar-refractivity contribution >= 4 is 0 Å². The molecule has 152 valence electrons. The number of rotatable bonds is 8. The highest BCUT2D eigenvalue weighted by atomic mass is 16.5. The molecule has 0 fully saturated rings. The van der Waals surface area contributed by atoms with Crippen LogP contribution in [0.4, 0.5) is 0 Å². The van der Waals surface area contributed by atoms with Crippen LogP contribution in [0.15, 0.2) is 90.6 Å². The Hall–Kier alpha value is -2.12. The van der Waals surface area contributed by atoms with Gasteiger partial charge in [0.25, 0.3) is 0 Å². The zero-order valence-corrected chi connectivity index (χ0v) is 18.4. The summed E-state index contributed by atoms with van der Waals surface area (Å²) in [6.45, 7) is 11.8. The molecule has 1 aromatic carbocycles. The van der Waals surface area contributed by atoms with E-state index in [2.05, 4.69) is 92.8 Å². The van der Waals surface area contributed by atoms with E-state index in [4.69, 9.17) is 4.74 Å². The van der Waals surface area contributed by atoms with Gasteiger partial charge in [-0.1, -0.05) is 104 Å². The molecule has 2 atom stereocenters. The van der Waals surface area contributed by atoms with Crippen LogP contribution in [-0.2, 0) is 10.2 Å².